The van der Waals surface area contributed by atoms with Crippen molar-refractivity contribution in [2.75, 3.05) is 0 Å². The summed E-state index contributed by atoms with van der Waals surface area (Å²) in [5, 5.41) is 2.73. The van der Waals surface area contributed by atoms with Gasteiger partial charge in [0.1, 0.15) is 0 Å². The van der Waals surface area contributed by atoms with Crippen molar-refractivity contribution >= 4 is 5.91 Å². The lowest BCUT2D eigenvalue weighted by Gasteiger charge is -2.03. The van der Waals surface area contributed by atoms with Gasteiger partial charge in [0.25, 0.3) is 0 Å². The van der Waals surface area contributed by atoms with Gasteiger partial charge in [0.2, 0.25) is 5.91 Å². The predicted molar refractivity (Wildman–Crippen MR) is 35.9 cm³/mol. The lowest BCUT2D eigenvalue weighted by molar-refractivity contribution is -0.119. The number of allylic oxidation sites excluding steroid dienone is 2. The van der Waals surface area contributed by atoms with Gasteiger partial charge in [-0.1, -0.05) is 24.3 Å². The fraction of sp³-hybridized carbons (Fsp3) is 0.286. The van der Waals surface area contributed by atoms with Gasteiger partial charge in [0, 0.05) is 6.92 Å². The molecule has 0 aromatic carbocycles. The number of hydrogen-bond donors (Lipinski definition) is 1. The molecule has 0 radical (unpaired) electrons. The van der Waals surface area contributed by atoms with E-state index in [0.717, 1.165) is 0 Å². The van der Waals surface area contributed by atoms with Gasteiger partial charge < -0.3 is 5.32 Å². The van der Waals surface area contributed by atoms with E-state index in [-0.39, 0.29) is 11.9 Å². The third kappa shape index (κ3) is 1.72. The molecular weight excluding hydrogens is 114 g/mol. The molecule has 0 saturated heterocycles. The molecule has 1 aliphatic carbocycles. The van der Waals surface area contributed by atoms with E-state index in [1.54, 1.807) is 0 Å². The van der Waals surface area contributed by atoms with Crippen LogP contribution in [0.1, 0.15) is 6.92 Å². The Kier molecular flexibility index (Phi) is 1.68. The first-order chi connectivity index (χ1) is 4.29. The molecule has 0 bridgehead atoms. The molecule has 0 fully saturated rings. The number of hydrogen-bond acceptors (Lipinski definition) is 1. The van der Waals surface area contributed by atoms with Gasteiger partial charge in [-0.2, -0.15) is 0 Å². The van der Waals surface area contributed by atoms with Gasteiger partial charge >= 0.3 is 0 Å². The molecule has 0 aromatic heterocycles. The van der Waals surface area contributed by atoms with E-state index in [2.05, 4.69) is 5.32 Å². The minimum atomic E-state index is 0.0104. The van der Waals surface area contributed by atoms with Crippen molar-refractivity contribution in [3.05, 3.63) is 24.3 Å². The van der Waals surface area contributed by atoms with Gasteiger partial charge in [-0.15, -0.1) is 0 Å². The summed E-state index contributed by atoms with van der Waals surface area (Å²) in [7, 11) is 0. The number of amides is 1. The zero-order valence-corrected chi connectivity index (χ0v) is 5.29. The smallest absolute Gasteiger partial charge is 0.217 e. The highest BCUT2D eigenvalue weighted by molar-refractivity contribution is 5.74. The second kappa shape index (κ2) is 2.49. The van der Waals surface area contributed by atoms with Gasteiger partial charge in [0.05, 0.1) is 6.04 Å². The van der Waals surface area contributed by atoms with Crippen LogP contribution in [0.4, 0.5) is 0 Å². The molecule has 1 aliphatic rings. The van der Waals surface area contributed by atoms with Gasteiger partial charge in [-0.05, 0) is 0 Å². The highest BCUT2D eigenvalue weighted by Gasteiger charge is 2.02. The molecule has 0 unspecified atom stereocenters. The Bertz CT molecular complexity index is 158. The maximum Gasteiger partial charge on any atom is 0.217 e. The molecule has 0 aromatic rings. The van der Waals surface area contributed by atoms with Crippen LogP contribution >= 0.6 is 0 Å². The van der Waals surface area contributed by atoms with Gasteiger partial charge in [-0.3, -0.25) is 4.79 Å². The van der Waals surface area contributed by atoms with Gasteiger partial charge in [0.15, 0.2) is 0 Å². The molecule has 0 heterocycles. The molecule has 0 aliphatic heterocycles. The Balaban J connectivity index is 2.37. The summed E-state index contributed by atoms with van der Waals surface area (Å²) < 4.78 is 0. The van der Waals surface area contributed by atoms with Crippen LogP contribution in [0.5, 0.6) is 0 Å². The van der Waals surface area contributed by atoms with Gasteiger partial charge in [-0.25, -0.2) is 0 Å². The molecule has 1 rings (SSSR count). The minimum Gasteiger partial charge on any atom is -0.347 e. The summed E-state index contributed by atoms with van der Waals surface area (Å²) in [5.41, 5.74) is 0. The van der Waals surface area contributed by atoms with Crippen LogP contribution < -0.4 is 5.32 Å². The van der Waals surface area contributed by atoms with E-state index >= 15 is 0 Å². The lowest BCUT2D eigenvalue weighted by atomic mass is 10.3. The standard InChI is InChI=1S/C7H9NO/c1-6(9)8-7-4-2-3-5-7/h2-5,7H,1H3,(H,8,9). The van der Waals surface area contributed by atoms with E-state index < -0.39 is 0 Å². The van der Waals surface area contributed by atoms with Crippen LogP contribution in [0.3, 0.4) is 0 Å². The number of nitrogens with one attached hydrogen (secondary N) is 1. The number of rotatable bonds is 1. The average molecular weight is 123 g/mol. The highest BCUT2D eigenvalue weighted by Crippen LogP contribution is 1.97. The molecule has 2 nitrogen and oxygen atoms in total. The first kappa shape index (κ1) is 6.08. The topological polar surface area (TPSA) is 29.1 Å². The van der Waals surface area contributed by atoms with Crippen molar-refractivity contribution in [2.24, 2.45) is 0 Å². The molecule has 2 heteroatoms. The van der Waals surface area contributed by atoms with Crippen molar-refractivity contribution in [1.82, 2.24) is 5.32 Å². The molecular formula is C7H9NO. The highest BCUT2D eigenvalue weighted by atomic mass is 16.1. The zero-order valence-electron chi connectivity index (χ0n) is 5.29. The SMILES string of the molecule is CC(=O)NC1C=CC=C1. The van der Waals surface area contributed by atoms with E-state index in [1.165, 1.54) is 6.92 Å². The number of carbonyl (C=O) groups excluding carboxylic acids is 1. The normalized spacial score (nSPS) is 16.6. The van der Waals surface area contributed by atoms with Crippen molar-refractivity contribution in [3.8, 4) is 0 Å². The largest absolute Gasteiger partial charge is 0.347 e. The summed E-state index contributed by atoms with van der Waals surface area (Å²) in [5.74, 6) is 0.0104. The van der Waals surface area contributed by atoms with E-state index in [9.17, 15) is 4.79 Å². The average Bonchev–Trinajstić information content (AvgIpc) is 2.15. The Hall–Kier alpha value is -1.05. The second-order valence-corrected chi connectivity index (χ2v) is 2.00. The summed E-state index contributed by atoms with van der Waals surface area (Å²) in [6.07, 6.45) is 7.70. The molecule has 9 heavy (non-hydrogen) atoms. The van der Waals surface area contributed by atoms with Crippen LogP contribution in [0.2, 0.25) is 0 Å². The molecule has 48 valence electrons. The Labute approximate surface area is 54.3 Å². The fourth-order valence-corrected chi connectivity index (χ4v) is 0.763. The third-order valence-electron chi connectivity index (χ3n) is 1.12. The molecule has 1 amide bonds. The first-order valence-electron chi connectivity index (χ1n) is 2.91. The lowest BCUT2D eigenvalue weighted by Crippen LogP contribution is -2.28. The van der Waals surface area contributed by atoms with Crippen molar-refractivity contribution in [2.45, 2.75) is 13.0 Å². The van der Waals surface area contributed by atoms with Crippen LogP contribution in [-0.2, 0) is 4.79 Å². The quantitative estimate of drug-likeness (QED) is 0.544. The van der Waals surface area contributed by atoms with E-state index in [4.69, 9.17) is 0 Å². The Morgan fingerprint density at radius 2 is 2.00 bits per heavy atom. The van der Waals surface area contributed by atoms with Crippen LogP contribution in [0.15, 0.2) is 24.3 Å². The van der Waals surface area contributed by atoms with E-state index in [0.29, 0.717) is 0 Å². The molecule has 0 atom stereocenters. The van der Waals surface area contributed by atoms with Crippen LogP contribution in [0, 0.1) is 0 Å². The maximum absolute atomic E-state index is 10.4. The van der Waals surface area contributed by atoms with Crippen molar-refractivity contribution in [1.29, 1.82) is 0 Å². The summed E-state index contributed by atoms with van der Waals surface area (Å²) in [6.45, 7) is 1.51. The second-order valence-electron chi connectivity index (χ2n) is 2.00. The number of carbonyl (C=O) groups is 1. The van der Waals surface area contributed by atoms with Crippen molar-refractivity contribution < 1.29 is 4.79 Å². The molecule has 0 spiro atoms. The monoisotopic (exact) mass is 123 g/mol. The summed E-state index contributed by atoms with van der Waals surface area (Å²) in [6, 6.07) is 0.127. The summed E-state index contributed by atoms with van der Waals surface area (Å²) >= 11 is 0. The zero-order chi connectivity index (χ0) is 6.69. The Morgan fingerprint density at radius 3 is 2.44 bits per heavy atom. The Morgan fingerprint density at radius 1 is 1.44 bits per heavy atom. The molecule has 0 saturated carbocycles. The van der Waals surface area contributed by atoms with Crippen LogP contribution in [-0.4, -0.2) is 11.9 Å². The summed E-state index contributed by atoms with van der Waals surface area (Å²) in [4.78, 5) is 10.4. The van der Waals surface area contributed by atoms with E-state index in [1.807, 2.05) is 24.3 Å². The predicted octanol–water partition coefficient (Wildman–Crippen LogP) is 0.617. The third-order valence-corrected chi connectivity index (χ3v) is 1.12. The van der Waals surface area contributed by atoms with Crippen LogP contribution in [0.25, 0.3) is 0 Å². The first-order valence-corrected chi connectivity index (χ1v) is 2.91. The fourth-order valence-electron chi connectivity index (χ4n) is 0.763. The minimum absolute atomic E-state index is 0.0104. The molecule has 1 N–H and O–H groups in total. The van der Waals surface area contributed by atoms with Crippen molar-refractivity contribution in [3.63, 3.8) is 0 Å². The maximum atomic E-state index is 10.4.